The summed E-state index contributed by atoms with van der Waals surface area (Å²) in [6.07, 6.45) is 3.13. The number of hydrogen-bond acceptors (Lipinski definition) is 3. The summed E-state index contributed by atoms with van der Waals surface area (Å²) in [5, 5.41) is 0. The van der Waals surface area contributed by atoms with Crippen LogP contribution in [0.25, 0.3) is 0 Å². The van der Waals surface area contributed by atoms with E-state index in [-0.39, 0.29) is 12.0 Å². The highest BCUT2D eigenvalue weighted by molar-refractivity contribution is 9.10. The van der Waals surface area contributed by atoms with Crippen molar-refractivity contribution >= 4 is 21.9 Å². The normalized spacial score (nSPS) is 12.2. The molecule has 1 aromatic rings. The first-order valence-electron chi connectivity index (χ1n) is 5.71. The summed E-state index contributed by atoms with van der Waals surface area (Å²) in [7, 11) is 1.41. The Morgan fingerprint density at radius 3 is 2.59 bits per heavy atom. The van der Waals surface area contributed by atoms with Crippen LogP contribution in [0.5, 0.6) is 0 Å². The van der Waals surface area contributed by atoms with Gasteiger partial charge in [0.1, 0.15) is 0 Å². The fraction of sp³-hybridized carbons (Fsp3) is 0.462. The number of nitrogens with two attached hydrogens (primary N) is 1. The molecule has 0 saturated carbocycles. The Morgan fingerprint density at radius 1 is 1.35 bits per heavy atom. The van der Waals surface area contributed by atoms with Crippen molar-refractivity contribution in [1.29, 1.82) is 0 Å². The minimum absolute atomic E-state index is 0.0424. The largest absolute Gasteiger partial charge is 0.469 e. The third-order valence-corrected chi connectivity index (χ3v) is 3.20. The standard InChI is InChI=1S/C13H18BrNO2/c1-17-13(16)5-3-2-4-12(15)10-6-8-11(14)9-7-10/h6-9,12H,2-5,15H2,1H3. The first-order chi connectivity index (χ1) is 8.13. The molecule has 3 nitrogen and oxygen atoms in total. The van der Waals surface area contributed by atoms with Crippen LogP contribution in [0.2, 0.25) is 0 Å². The molecule has 17 heavy (non-hydrogen) atoms. The van der Waals surface area contributed by atoms with Crippen LogP contribution in [0.15, 0.2) is 28.7 Å². The molecule has 0 spiro atoms. The quantitative estimate of drug-likeness (QED) is 0.648. The number of esters is 1. The van der Waals surface area contributed by atoms with Crippen molar-refractivity contribution < 1.29 is 9.53 Å². The lowest BCUT2D eigenvalue weighted by atomic mass is 10.0. The molecule has 0 radical (unpaired) electrons. The van der Waals surface area contributed by atoms with Gasteiger partial charge in [0.05, 0.1) is 7.11 Å². The molecule has 0 amide bonds. The van der Waals surface area contributed by atoms with Gasteiger partial charge in [0.25, 0.3) is 0 Å². The minimum Gasteiger partial charge on any atom is -0.469 e. The van der Waals surface area contributed by atoms with E-state index >= 15 is 0 Å². The number of carbonyl (C=O) groups is 1. The Hall–Kier alpha value is -0.870. The molecular formula is C13H18BrNO2. The van der Waals surface area contributed by atoms with Crippen molar-refractivity contribution in [2.45, 2.75) is 31.7 Å². The Labute approximate surface area is 110 Å². The van der Waals surface area contributed by atoms with Gasteiger partial charge in [-0.3, -0.25) is 4.79 Å². The Kier molecular flexibility index (Phi) is 6.22. The van der Waals surface area contributed by atoms with Crippen LogP contribution in [0.1, 0.15) is 37.3 Å². The zero-order valence-corrected chi connectivity index (χ0v) is 11.6. The minimum atomic E-state index is -0.151. The van der Waals surface area contributed by atoms with E-state index in [0.717, 1.165) is 29.3 Å². The summed E-state index contributed by atoms with van der Waals surface area (Å²) < 4.78 is 5.63. The maximum atomic E-state index is 10.9. The summed E-state index contributed by atoms with van der Waals surface area (Å²) in [4.78, 5) is 10.9. The molecule has 1 atom stereocenters. The first kappa shape index (κ1) is 14.2. The number of rotatable bonds is 6. The van der Waals surface area contributed by atoms with Gasteiger partial charge in [0, 0.05) is 16.9 Å². The van der Waals surface area contributed by atoms with E-state index in [4.69, 9.17) is 5.73 Å². The lowest BCUT2D eigenvalue weighted by Crippen LogP contribution is -2.10. The number of carbonyl (C=O) groups excluding carboxylic acids is 1. The van der Waals surface area contributed by atoms with Crippen LogP contribution in [0, 0.1) is 0 Å². The van der Waals surface area contributed by atoms with Gasteiger partial charge >= 0.3 is 5.97 Å². The average Bonchev–Trinajstić information content (AvgIpc) is 2.34. The zero-order chi connectivity index (χ0) is 12.7. The van der Waals surface area contributed by atoms with Crippen LogP contribution in [-0.2, 0) is 9.53 Å². The zero-order valence-electron chi connectivity index (χ0n) is 9.99. The number of halogens is 1. The number of methoxy groups -OCH3 is 1. The van der Waals surface area contributed by atoms with Crippen molar-refractivity contribution in [1.82, 2.24) is 0 Å². The number of ether oxygens (including phenoxy) is 1. The summed E-state index contributed by atoms with van der Waals surface area (Å²) in [6.45, 7) is 0. The smallest absolute Gasteiger partial charge is 0.305 e. The van der Waals surface area contributed by atoms with Crippen LogP contribution in [0.4, 0.5) is 0 Å². The highest BCUT2D eigenvalue weighted by atomic mass is 79.9. The van der Waals surface area contributed by atoms with E-state index in [9.17, 15) is 4.79 Å². The van der Waals surface area contributed by atoms with E-state index in [1.54, 1.807) is 0 Å². The molecule has 1 aromatic carbocycles. The van der Waals surface area contributed by atoms with Crippen molar-refractivity contribution in [2.75, 3.05) is 7.11 Å². The van der Waals surface area contributed by atoms with Gasteiger partial charge in [-0.25, -0.2) is 0 Å². The van der Waals surface area contributed by atoms with E-state index in [1.807, 2.05) is 24.3 Å². The van der Waals surface area contributed by atoms with E-state index < -0.39 is 0 Å². The molecule has 0 saturated heterocycles. The van der Waals surface area contributed by atoms with Crippen molar-refractivity contribution in [3.63, 3.8) is 0 Å². The van der Waals surface area contributed by atoms with Crippen LogP contribution >= 0.6 is 15.9 Å². The summed E-state index contributed by atoms with van der Waals surface area (Å²) in [5.74, 6) is -0.151. The van der Waals surface area contributed by atoms with Gasteiger partial charge in [-0.15, -0.1) is 0 Å². The van der Waals surface area contributed by atoms with Crippen LogP contribution < -0.4 is 5.73 Å². The molecule has 1 unspecified atom stereocenters. The fourth-order valence-corrected chi connectivity index (χ4v) is 1.88. The molecule has 0 aliphatic heterocycles. The number of unbranched alkanes of at least 4 members (excludes halogenated alkanes) is 1. The van der Waals surface area contributed by atoms with E-state index in [2.05, 4.69) is 20.7 Å². The summed E-state index contributed by atoms with van der Waals surface area (Å²) >= 11 is 3.39. The molecule has 4 heteroatoms. The molecular weight excluding hydrogens is 282 g/mol. The maximum Gasteiger partial charge on any atom is 0.305 e. The maximum absolute atomic E-state index is 10.9. The van der Waals surface area contributed by atoms with Gasteiger partial charge in [-0.05, 0) is 30.5 Å². The number of hydrogen-bond donors (Lipinski definition) is 1. The van der Waals surface area contributed by atoms with Gasteiger partial charge < -0.3 is 10.5 Å². The molecule has 1 rings (SSSR count). The fourth-order valence-electron chi connectivity index (χ4n) is 1.61. The topological polar surface area (TPSA) is 52.3 Å². The molecule has 2 N–H and O–H groups in total. The van der Waals surface area contributed by atoms with Gasteiger partial charge in [-0.1, -0.05) is 34.5 Å². The lowest BCUT2D eigenvalue weighted by molar-refractivity contribution is -0.140. The van der Waals surface area contributed by atoms with Crippen molar-refractivity contribution in [3.05, 3.63) is 34.3 Å². The summed E-state index contributed by atoms with van der Waals surface area (Å²) in [6, 6.07) is 8.07. The SMILES string of the molecule is COC(=O)CCCCC(N)c1ccc(Br)cc1. The molecule has 0 bridgehead atoms. The van der Waals surface area contributed by atoms with Gasteiger partial charge in [-0.2, -0.15) is 0 Å². The predicted molar refractivity (Wildman–Crippen MR) is 71.6 cm³/mol. The second-order valence-electron chi connectivity index (χ2n) is 3.98. The Bertz CT molecular complexity index is 351. The predicted octanol–water partition coefficient (Wildman–Crippen LogP) is 3.18. The Morgan fingerprint density at radius 2 is 2.00 bits per heavy atom. The summed E-state index contributed by atoms with van der Waals surface area (Å²) in [5.41, 5.74) is 7.19. The lowest BCUT2D eigenvalue weighted by Gasteiger charge is -2.11. The molecule has 0 heterocycles. The second kappa shape index (κ2) is 7.45. The highest BCUT2D eigenvalue weighted by Gasteiger charge is 2.06. The van der Waals surface area contributed by atoms with Gasteiger partial charge in [0.2, 0.25) is 0 Å². The van der Waals surface area contributed by atoms with Crippen molar-refractivity contribution in [3.8, 4) is 0 Å². The van der Waals surface area contributed by atoms with Crippen LogP contribution in [0.3, 0.4) is 0 Å². The van der Waals surface area contributed by atoms with Gasteiger partial charge in [0.15, 0.2) is 0 Å². The first-order valence-corrected chi connectivity index (χ1v) is 6.50. The monoisotopic (exact) mass is 299 g/mol. The molecule has 0 fully saturated rings. The molecule has 0 aromatic heterocycles. The average molecular weight is 300 g/mol. The second-order valence-corrected chi connectivity index (χ2v) is 4.90. The molecule has 0 aliphatic rings. The third kappa shape index (κ3) is 5.33. The van der Waals surface area contributed by atoms with Crippen molar-refractivity contribution in [2.24, 2.45) is 5.73 Å². The third-order valence-electron chi connectivity index (χ3n) is 2.67. The molecule has 0 aliphatic carbocycles. The van der Waals surface area contributed by atoms with Crippen LogP contribution in [-0.4, -0.2) is 13.1 Å². The highest BCUT2D eigenvalue weighted by Crippen LogP contribution is 2.19. The number of benzene rings is 1. The molecule has 94 valence electrons. The Balaban J connectivity index is 2.27. The van der Waals surface area contributed by atoms with E-state index in [0.29, 0.717) is 6.42 Å². The van der Waals surface area contributed by atoms with E-state index in [1.165, 1.54) is 7.11 Å².